The minimum atomic E-state index is -1.08. The summed E-state index contributed by atoms with van der Waals surface area (Å²) in [7, 11) is 0. The van der Waals surface area contributed by atoms with E-state index in [9.17, 15) is 24.7 Å². The molecule has 1 amide bonds. The Morgan fingerprint density at radius 3 is 2.46 bits per heavy atom. The van der Waals surface area contributed by atoms with Gasteiger partial charge in [-0.25, -0.2) is 4.79 Å². The van der Waals surface area contributed by atoms with Gasteiger partial charge in [0.15, 0.2) is 0 Å². The van der Waals surface area contributed by atoms with Gasteiger partial charge in [-0.15, -0.1) is 0 Å². The molecule has 1 unspecified atom stereocenters. The lowest BCUT2D eigenvalue weighted by Crippen LogP contribution is -2.42. The van der Waals surface area contributed by atoms with E-state index in [0.29, 0.717) is 30.0 Å². The van der Waals surface area contributed by atoms with Gasteiger partial charge < -0.3 is 20.4 Å². The second-order valence-electron chi connectivity index (χ2n) is 8.92. The molecule has 0 saturated carbocycles. The average molecular weight is 548 g/mol. The SMILES string of the molecule is CCCC(=O)NC(Cc1ccc(OCCn2c(=O)sc3cc(/C(=N/O)c4ccccc4)ccc32)cc1)C(=O)O. The highest BCUT2D eigenvalue weighted by Gasteiger charge is 2.20. The molecule has 4 aromatic rings. The van der Waals surface area contributed by atoms with Crippen LogP contribution in [0.4, 0.5) is 0 Å². The number of aliphatic carboxylic acids is 1. The first-order valence-corrected chi connectivity index (χ1v) is 13.4. The lowest BCUT2D eigenvalue weighted by Gasteiger charge is -2.15. The maximum absolute atomic E-state index is 12.7. The zero-order valence-corrected chi connectivity index (χ0v) is 22.2. The third-order valence-electron chi connectivity index (χ3n) is 6.15. The summed E-state index contributed by atoms with van der Waals surface area (Å²) in [6.07, 6.45) is 1.09. The van der Waals surface area contributed by atoms with Crippen molar-refractivity contribution in [2.24, 2.45) is 5.16 Å². The van der Waals surface area contributed by atoms with Crippen molar-refractivity contribution in [2.75, 3.05) is 6.61 Å². The second kappa shape index (κ2) is 12.9. The number of hydrogen-bond donors (Lipinski definition) is 3. The topological polar surface area (TPSA) is 130 Å². The summed E-state index contributed by atoms with van der Waals surface area (Å²) in [5.74, 6) is -0.780. The summed E-state index contributed by atoms with van der Waals surface area (Å²) < 4.78 is 8.25. The quantitative estimate of drug-likeness (QED) is 0.138. The molecular weight excluding hydrogens is 518 g/mol. The van der Waals surface area contributed by atoms with Crippen LogP contribution in [0.2, 0.25) is 0 Å². The van der Waals surface area contributed by atoms with Gasteiger partial charge in [-0.05, 0) is 36.2 Å². The van der Waals surface area contributed by atoms with Crippen molar-refractivity contribution in [2.45, 2.75) is 38.8 Å². The molecule has 3 N–H and O–H groups in total. The van der Waals surface area contributed by atoms with E-state index in [4.69, 9.17) is 4.74 Å². The zero-order chi connectivity index (χ0) is 27.8. The van der Waals surface area contributed by atoms with Crippen LogP contribution >= 0.6 is 11.3 Å². The van der Waals surface area contributed by atoms with Crippen LogP contribution in [0.5, 0.6) is 5.75 Å². The fraction of sp³-hybridized carbons (Fsp3) is 0.241. The van der Waals surface area contributed by atoms with Gasteiger partial charge in [0.2, 0.25) is 5.91 Å². The van der Waals surface area contributed by atoms with E-state index in [2.05, 4.69) is 10.5 Å². The summed E-state index contributed by atoms with van der Waals surface area (Å²) >= 11 is 1.12. The maximum Gasteiger partial charge on any atom is 0.326 e. The van der Waals surface area contributed by atoms with Gasteiger partial charge in [0, 0.05) is 24.0 Å². The maximum atomic E-state index is 12.7. The Morgan fingerprint density at radius 2 is 1.79 bits per heavy atom. The highest BCUT2D eigenvalue weighted by Crippen LogP contribution is 2.22. The summed E-state index contributed by atoms with van der Waals surface area (Å²) in [5.41, 5.74) is 3.42. The lowest BCUT2D eigenvalue weighted by atomic mass is 10.0. The van der Waals surface area contributed by atoms with E-state index in [0.717, 1.165) is 32.7 Å². The molecule has 3 aromatic carbocycles. The molecule has 9 nitrogen and oxygen atoms in total. The Labute approximate surface area is 229 Å². The first-order valence-electron chi connectivity index (χ1n) is 12.5. The van der Waals surface area contributed by atoms with Crippen molar-refractivity contribution in [3.05, 3.63) is 99.2 Å². The highest BCUT2D eigenvalue weighted by atomic mass is 32.1. The first-order chi connectivity index (χ1) is 18.9. The molecule has 0 aliphatic carbocycles. The number of ether oxygens (including phenoxy) is 1. The van der Waals surface area contributed by atoms with Crippen LogP contribution in [0.1, 0.15) is 36.5 Å². The number of hydrogen-bond acceptors (Lipinski definition) is 7. The van der Waals surface area contributed by atoms with E-state index in [1.807, 2.05) is 55.5 Å². The Bertz CT molecular complexity index is 1530. The number of benzene rings is 3. The minimum Gasteiger partial charge on any atom is -0.492 e. The number of carboxylic acid groups (broad SMARTS) is 1. The smallest absolute Gasteiger partial charge is 0.326 e. The number of oxime groups is 1. The number of carbonyl (C=O) groups excluding carboxylic acids is 1. The summed E-state index contributed by atoms with van der Waals surface area (Å²) in [6, 6.07) is 20.8. The fourth-order valence-electron chi connectivity index (χ4n) is 4.21. The summed E-state index contributed by atoms with van der Waals surface area (Å²) in [4.78, 5) is 35.9. The van der Waals surface area contributed by atoms with Crippen molar-refractivity contribution in [1.82, 2.24) is 9.88 Å². The number of fused-ring (bicyclic) bond motifs is 1. The van der Waals surface area contributed by atoms with Crippen molar-refractivity contribution < 1.29 is 24.6 Å². The van der Waals surface area contributed by atoms with Crippen molar-refractivity contribution in [3.63, 3.8) is 0 Å². The van der Waals surface area contributed by atoms with Gasteiger partial charge in [-0.1, -0.05) is 71.9 Å². The molecule has 39 heavy (non-hydrogen) atoms. The van der Waals surface area contributed by atoms with Gasteiger partial charge in [0.05, 0.1) is 16.8 Å². The number of rotatable bonds is 12. The molecule has 1 aromatic heterocycles. The molecule has 0 spiro atoms. The second-order valence-corrected chi connectivity index (χ2v) is 9.91. The van der Waals surface area contributed by atoms with E-state index < -0.39 is 12.0 Å². The van der Waals surface area contributed by atoms with Crippen molar-refractivity contribution in [3.8, 4) is 5.75 Å². The number of nitrogens with zero attached hydrogens (tertiary/aromatic N) is 2. The monoisotopic (exact) mass is 547 g/mol. The average Bonchev–Trinajstić information content (AvgIpc) is 3.24. The zero-order valence-electron chi connectivity index (χ0n) is 21.4. The van der Waals surface area contributed by atoms with E-state index >= 15 is 0 Å². The summed E-state index contributed by atoms with van der Waals surface area (Å²) in [6.45, 7) is 2.45. The standard InChI is InChI=1S/C29H29N3O6S/c1-2-6-26(33)30-23(28(34)35)17-19-9-12-22(13-10-19)38-16-15-32-24-14-11-21(18-25(24)39-29(32)36)27(31-37)20-7-4-3-5-8-20/h3-5,7-14,18,23,37H,2,6,15-17H2,1H3,(H,30,33)(H,34,35)/b31-27+. The van der Waals surface area contributed by atoms with Crippen LogP contribution in [0, 0.1) is 0 Å². The molecule has 1 heterocycles. The van der Waals surface area contributed by atoms with Crippen LogP contribution < -0.4 is 14.9 Å². The molecule has 0 bridgehead atoms. The lowest BCUT2D eigenvalue weighted by molar-refractivity contribution is -0.141. The third-order valence-corrected chi connectivity index (χ3v) is 7.09. The van der Waals surface area contributed by atoms with Crippen molar-refractivity contribution in [1.29, 1.82) is 0 Å². The molecule has 10 heteroatoms. The normalized spacial score (nSPS) is 12.3. The van der Waals surface area contributed by atoms with Crippen LogP contribution in [0.3, 0.4) is 0 Å². The molecule has 4 rings (SSSR count). The molecule has 0 aliphatic rings. The molecule has 0 fully saturated rings. The number of carboxylic acids is 1. The predicted molar refractivity (Wildman–Crippen MR) is 150 cm³/mol. The summed E-state index contributed by atoms with van der Waals surface area (Å²) in [5, 5.41) is 25.0. The third kappa shape index (κ3) is 6.91. The molecule has 0 saturated heterocycles. The Balaban J connectivity index is 1.39. The molecular formula is C29H29N3O6S. The van der Waals surface area contributed by atoms with Crippen LogP contribution in [-0.2, 0) is 22.6 Å². The van der Waals surface area contributed by atoms with E-state index in [1.54, 1.807) is 28.8 Å². The predicted octanol–water partition coefficient (Wildman–Crippen LogP) is 4.28. The van der Waals surface area contributed by atoms with Gasteiger partial charge in [0.1, 0.15) is 24.1 Å². The van der Waals surface area contributed by atoms with Crippen LogP contribution in [0.25, 0.3) is 10.2 Å². The van der Waals surface area contributed by atoms with Crippen LogP contribution in [0.15, 0.2) is 82.7 Å². The number of thiazole rings is 1. The molecule has 0 radical (unpaired) electrons. The highest BCUT2D eigenvalue weighted by molar-refractivity contribution is 7.16. The largest absolute Gasteiger partial charge is 0.492 e. The number of amides is 1. The number of nitrogens with one attached hydrogen (secondary N) is 1. The van der Waals surface area contributed by atoms with Gasteiger partial charge >= 0.3 is 10.8 Å². The number of aromatic nitrogens is 1. The van der Waals surface area contributed by atoms with Gasteiger partial charge in [-0.2, -0.15) is 0 Å². The first kappa shape index (κ1) is 27.6. The fourth-order valence-corrected chi connectivity index (χ4v) is 5.17. The van der Waals surface area contributed by atoms with Crippen LogP contribution in [-0.4, -0.2) is 45.1 Å². The van der Waals surface area contributed by atoms with Gasteiger partial charge in [-0.3, -0.25) is 14.2 Å². The van der Waals surface area contributed by atoms with E-state index in [-0.39, 0.29) is 30.2 Å². The minimum absolute atomic E-state index is 0.117. The van der Waals surface area contributed by atoms with Gasteiger partial charge in [0.25, 0.3) is 0 Å². The molecule has 202 valence electrons. The molecule has 1 atom stereocenters. The van der Waals surface area contributed by atoms with E-state index in [1.165, 1.54) is 0 Å². The Hall–Kier alpha value is -4.44. The Kier molecular flexibility index (Phi) is 9.11. The van der Waals surface area contributed by atoms with Crippen molar-refractivity contribution >= 4 is 39.1 Å². The number of carbonyl (C=O) groups is 2. The Morgan fingerprint density at radius 1 is 1.05 bits per heavy atom. The molecule has 0 aliphatic heterocycles.